The molecule has 204 valence electrons. The van der Waals surface area contributed by atoms with Crippen molar-refractivity contribution in [3.8, 4) is 0 Å². The molecule has 3 N–H and O–H groups in total. The molecular weight excluding hydrogens is 500 g/mol. The van der Waals surface area contributed by atoms with Crippen LogP contribution in [0.5, 0.6) is 0 Å². The van der Waals surface area contributed by atoms with Crippen molar-refractivity contribution in [2.24, 2.45) is 0 Å². The van der Waals surface area contributed by atoms with Crippen molar-refractivity contribution in [1.29, 1.82) is 0 Å². The first-order valence-corrected chi connectivity index (χ1v) is 12.8. The molecule has 0 aliphatic carbocycles. The number of ether oxygens (including phenoxy) is 5. The number of imide groups is 1. The molecule has 3 rings (SSSR count). The van der Waals surface area contributed by atoms with Crippen molar-refractivity contribution in [3.63, 3.8) is 0 Å². The molecule has 0 aromatic rings. The summed E-state index contributed by atoms with van der Waals surface area (Å²) in [5.74, 6) is -0.751. The summed E-state index contributed by atoms with van der Waals surface area (Å²) in [5, 5.41) is 22.9. The van der Waals surface area contributed by atoms with Crippen LogP contribution in [0, 0.1) is 0 Å². The predicted molar refractivity (Wildman–Crippen MR) is 124 cm³/mol. The largest absolute Gasteiger partial charge is 0.388 e. The predicted octanol–water partition coefficient (Wildman–Crippen LogP) is -2.16. The number of hydrogen-bond donors (Lipinski definition) is 3. The number of ketones is 1. The van der Waals surface area contributed by atoms with Crippen LogP contribution in [-0.4, -0.2) is 133 Å². The summed E-state index contributed by atoms with van der Waals surface area (Å²) in [6.07, 6.45) is -3.34. The summed E-state index contributed by atoms with van der Waals surface area (Å²) < 4.78 is 27.7. The molecule has 0 aromatic carbocycles. The minimum atomic E-state index is -1.31. The Hall–Kier alpha value is -1.65. The number of amides is 3. The molecule has 13 nitrogen and oxygen atoms in total. The third-order valence-electron chi connectivity index (χ3n) is 5.98. The third kappa shape index (κ3) is 7.22. The number of Topliss-reactive ketones (excluding diaryl/α,β-unsaturated/α-hetero) is 1. The van der Waals surface area contributed by atoms with Gasteiger partial charge in [-0.3, -0.25) is 24.1 Å². The van der Waals surface area contributed by atoms with E-state index in [4.69, 9.17) is 23.7 Å². The van der Waals surface area contributed by atoms with Crippen molar-refractivity contribution in [2.45, 2.75) is 55.7 Å². The van der Waals surface area contributed by atoms with Crippen molar-refractivity contribution in [1.82, 2.24) is 10.2 Å². The monoisotopic (exact) mass is 534 g/mol. The van der Waals surface area contributed by atoms with Crippen molar-refractivity contribution in [3.05, 3.63) is 0 Å². The molecule has 0 saturated carbocycles. The second-order valence-corrected chi connectivity index (χ2v) is 10.1. The van der Waals surface area contributed by atoms with Crippen molar-refractivity contribution in [2.75, 3.05) is 58.5 Å². The molecule has 0 radical (unpaired) electrons. The Balaban J connectivity index is 1.23. The fourth-order valence-corrected chi connectivity index (χ4v) is 5.12. The van der Waals surface area contributed by atoms with Crippen molar-refractivity contribution >= 4 is 35.3 Å². The number of rotatable bonds is 15. The summed E-state index contributed by atoms with van der Waals surface area (Å²) >= 11 is 1.19. The molecule has 3 aliphatic heterocycles. The van der Waals surface area contributed by atoms with Gasteiger partial charge in [0.2, 0.25) is 17.7 Å². The lowest BCUT2D eigenvalue weighted by Gasteiger charge is -2.42. The minimum absolute atomic E-state index is 0.0128. The number of nitrogens with zero attached hydrogens (tertiary/aromatic N) is 1. The Labute approximate surface area is 213 Å². The number of carbonyl (C=O) groups is 4. The second kappa shape index (κ2) is 13.2. The van der Waals surface area contributed by atoms with Gasteiger partial charge in [0, 0.05) is 13.3 Å². The van der Waals surface area contributed by atoms with Crippen LogP contribution in [0.25, 0.3) is 0 Å². The van der Waals surface area contributed by atoms with E-state index in [1.165, 1.54) is 30.5 Å². The smallest absolute Gasteiger partial charge is 0.242 e. The van der Waals surface area contributed by atoms with Crippen LogP contribution >= 0.6 is 11.8 Å². The molecule has 3 amide bonds. The van der Waals surface area contributed by atoms with Crippen LogP contribution in [0.2, 0.25) is 0 Å². The number of aliphatic hydroxyl groups is 2. The van der Waals surface area contributed by atoms with Gasteiger partial charge in [-0.05, 0) is 6.92 Å². The Bertz CT molecular complexity index is 815. The van der Waals surface area contributed by atoms with Gasteiger partial charge in [0.1, 0.15) is 29.6 Å². The number of nitrogens with one attached hydrogen (secondary N) is 1. The molecule has 3 saturated heterocycles. The highest BCUT2D eigenvalue weighted by Crippen LogP contribution is 2.37. The molecule has 36 heavy (non-hydrogen) atoms. The lowest BCUT2D eigenvalue weighted by atomic mass is 9.88. The van der Waals surface area contributed by atoms with Crippen LogP contribution in [0.1, 0.15) is 20.3 Å². The van der Waals surface area contributed by atoms with Gasteiger partial charge in [-0.2, -0.15) is 0 Å². The Morgan fingerprint density at radius 2 is 1.78 bits per heavy atom. The number of fused-ring (bicyclic) bond motifs is 2. The highest BCUT2D eigenvalue weighted by Gasteiger charge is 2.59. The summed E-state index contributed by atoms with van der Waals surface area (Å²) in [5.41, 5.74) is -1.23. The van der Waals surface area contributed by atoms with E-state index in [2.05, 4.69) is 5.32 Å². The van der Waals surface area contributed by atoms with E-state index in [0.717, 1.165) is 0 Å². The fourth-order valence-electron chi connectivity index (χ4n) is 4.15. The highest BCUT2D eigenvalue weighted by atomic mass is 32.2. The summed E-state index contributed by atoms with van der Waals surface area (Å²) in [4.78, 5) is 47.8. The number of hydrogen-bond acceptors (Lipinski definition) is 12. The van der Waals surface area contributed by atoms with E-state index in [1.807, 2.05) is 0 Å². The zero-order chi connectivity index (χ0) is 26.3. The maximum absolute atomic E-state index is 12.3. The normalized spacial score (nSPS) is 31.8. The third-order valence-corrected chi connectivity index (χ3v) is 7.32. The van der Waals surface area contributed by atoms with Crippen LogP contribution in [0.3, 0.4) is 0 Å². The molecule has 1 unspecified atom stereocenters. The Morgan fingerprint density at radius 3 is 2.44 bits per heavy atom. The fraction of sp³-hybridized carbons (Fsp3) is 0.818. The summed E-state index contributed by atoms with van der Waals surface area (Å²) in [7, 11) is 0. The molecule has 3 fully saturated rings. The van der Waals surface area contributed by atoms with Gasteiger partial charge >= 0.3 is 0 Å². The van der Waals surface area contributed by atoms with Crippen LogP contribution in [0.15, 0.2) is 0 Å². The van der Waals surface area contributed by atoms with Crippen molar-refractivity contribution < 1.29 is 53.1 Å². The van der Waals surface area contributed by atoms with Gasteiger partial charge in [0.25, 0.3) is 0 Å². The van der Waals surface area contributed by atoms with Gasteiger partial charge in [-0.15, -0.1) is 11.8 Å². The van der Waals surface area contributed by atoms with Gasteiger partial charge in [0.15, 0.2) is 6.29 Å². The van der Waals surface area contributed by atoms with E-state index in [9.17, 15) is 29.4 Å². The molecule has 3 aliphatic rings. The molecule has 0 aromatic heterocycles. The number of carbonyl (C=O) groups excluding carboxylic acids is 4. The van der Waals surface area contributed by atoms with E-state index in [0.29, 0.717) is 0 Å². The van der Waals surface area contributed by atoms with E-state index >= 15 is 0 Å². The molecule has 0 spiro atoms. The van der Waals surface area contributed by atoms with Crippen LogP contribution in [-0.2, 0) is 42.9 Å². The lowest BCUT2D eigenvalue weighted by Crippen LogP contribution is -2.66. The topological polar surface area (TPSA) is 170 Å². The minimum Gasteiger partial charge on any atom is -0.388 e. The highest BCUT2D eigenvalue weighted by molar-refractivity contribution is 8.01. The molecule has 14 heteroatoms. The standard InChI is InChI=1S/C22H34N2O11S/c1-13(25)10-36-15-9-16(27)24(20(15)30)3-4-31-5-6-32-7-8-33-11-22-12-34-21(35-22)17(23-14(2)26)18(28)19(22)29/h15,17-19,21,28-29H,3-12H2,1-2H3,(H,23,26)/t15?,17-,18+,19+,21+,22-/m0/s1. The van der Waals surface area contributed by atoms with E-state index in [-0.39, 0.29) is 88.5 Å². The van der Waals surface area contributed by atoms with Crippen LogP contribution < -0.4 is 5.32 Å². The molecular formula is C22H34N2O11S. The van der Waals surface area contributed by atoms with Gasteiger partial charge in [-0.25, -0.2) is 0 Å². The van der Waals surface area contributed by atoms with E-state index in [1.54, 1.807) is 0 Å². The van der Waals surface area contributed by atoms with Crippen LogP contribution in [0.4, 0.5) is 0 Å². The van der Waals surface area contributed by atoms with Gasteiger partial charge in [0.05, 0.1) is 63.8 Å². The van der Waals surface area contributed by atoms with Gasteiger partial charge in [-0.1, -0.05) is 0 Å². The number of thioether (sulfide) groups is 1. The average molecular weight is 535 g/mol. The Morgan fingerprint density at radius 1 is 1.11 bits per heavy atom. The zero-order valence-electron chi connectivity index (χ0n) is 20.4. The first-order chi connectivity index (χ1) is 17.1. The number of likely N-dealkylation sites (tertiary alicyclic amines) is 1. The second-order valence-electron chi connectivity index (χ2n) is 8.89. The maximum atomic E-state index is 12.3. The zero-order valence-corrected chi connectivity index (χ0v) is 21.2. The average Bonchev–Trinajstić information content (AvgIpc) is 3.35. The summed E-state index contributed by atoms with van der Waals surface area (Å²) in [6, 6.07) is -0.870. The quantitative estimate of drug-likeness (QED) is 0.154. The lowest BCUT2D eigenvalue weighted by molar-refractivity contribution is -0.238. The van der Waals surface area contributed by atoms with E-state index < -0.39 is 35.4 Å². The van der Waals surface area contributed by atoms with Gasteiger partial charge < -0.3 is 39.2 Å². The first kappa shape index (κ1) is 28.9. The number of aliphatic hydroxyl groups excluding tert-OH is 2. The maximum Gasteiger partial charge on any atom is 0.242 e. The molecule has 3 heterocycles. The SMILES string of the molecule is CC(=O)CSC1CC(=O)N(CCOCCOCCOC[C@@]23CO[C@H](O2)[C@@H](NC(C)=O)[C@@H](O)[C@H]3O)C1=O. The Kier molecular flexibility index (Phi) is 10.6. The summed E-state index contributed by atoms with van der Waals surface area (Å²) in [6.45, 7) is 4.04. The first-order valence-electron chi connectivity index (χ1n) is 11.8. The molecule has 6 atom stereocenters. The molecule has 2 bridgehead atoms.